The number of nitrogens with zero attached hydrogens (tertiary/aromatic N) is 1. The normalized spacial score (nSPS) is 21.2. The predicted octanol–water partition coefficient (Wildman–Crippen LogP) is 2.66. The van der Waals surface area contributed by atoms with Crippen molar-refractivity contribution in [2.45, 2.75) is 32.7 Å². The van der Waals surface area contributed by atoms with Crippen LogP contribution in [0.3, 0.4) is 0 Å². The van der Waals surface area contributed by atoms with Crippen molar-refractivity contribution in [3.63, 3.8) is 0 Å². The second-order valence-electron chi connectivity index (χ2n) is 4.91. The van der Waals surface area contributed by atoms with E-state index in [0.29, 0.717) is 11.9 Å². The van der Waals surface area contributed by atoms with Gasteiger partial charge in [-0.2, -0.15) is 0 Å². The van der Waals surface area contributed by atoms with Crippen molar-refractivity contribution in [2.24, 2.45) is 5.92 Å². The predicted molar refractivity (Wildman–Crippen MR) is 75.7 cm³/mol. The molecule has 1 fully saturated rings. The Kier molecular flexibility index (Phi) is 4.78. The Bertz CT molecular complexity index is 377. The lowest BCUT2D eigenvalue weighted by Crippen LogP contribution is -2.38. The van der Waals surface area contributed by atoms with Crippen molar-refractivity contribution >= 4 is 17.2 Å². The van der Waals surface area contributed by atoms with Gasteiger partial charge in [0.25, 0.3) is 0 Å². The number of carbonyl (C=O) groups excluding carboxylic acids is 1. The molecule has 0 spiro atoms. The molecule has 0 radical (unpaired) electrons. The SMILES string of the molecule is CCNCC(C)C(=O)N1CCCC1c1cccs1. The Labute approximate surface area is 113 Å². The topological polar surface area (TPSA) is 32.3 Å². The minimum Gasteiger partial charge on any atom is -0.335 e. The maximum absolute atomic E-state index is 12.4. The highest BCUT2D eigenvalue weighted by molar-refractivity contribution is 7.10. The van der Waals surface area contributed by atoms with Gasteiger partial charge in [0.1, 0.15) is 0 Å². The zero-order chi connectivity index (χ0) is 13.0. The number of amides is 1. The fourth-order valence-corrected chi connectivity index (χ4v) is 3.41. The van der Waals surface area contributed by atoms with Gasteiger partial charge in [0.05, 0.1) is 6.04 Å². The van der Waals surface area contributed by atoms with Crippen LogP contribution in [0.2, 0.25) is 0 Å². The standard InChI is InChI=1S/C14H22N2OS/c1-3-15-10-11(2)14(17)16-8-4-6-12(16)13-7-5-9-18-13/h5,7,9,11-12,15H,3-4,6,8,10H2,1-2H3. The van der Waals surface area contributed by atoms with Crippen molar-refractivity contribution in [1.29, 1.82) is 0 Å². The molecule has 0 aliphatic carbocycles. The minimum absolute atomic E-state index is 0.0745. The molecule has 100 valence electrons. The maximum Gasteiger partial charge on any atom is 0.227 e. The van der Waals surface area contributed by atoms with Crippen LogP contribution in [0.15, 0.2) is 17.5 Å². The van der Waals surface area contributed by atoms with Crippen LogP contribution < -0.4 is 5.32 Å². The lowest BCUT2D eigenvalue weighted by atomic mass is 10.1. The number of thiophene rings is 1. The monoisotopic (exact) mass is 266 g/mol. The molecule has 2 atom stereocenters. The first-order valence-corrected chi connectivity index (χ1v) is 7.66. The third kappa shape index (κ3) is 2.93. The van der Waals surface area contributed by atoms with E-state index < -0.39 is 0 Å². The van der Waals surface area contributed by atoms with Gasteiger partial charge in [0.2, 0.25) is 5.91 Å². The smallest absolute Gasteiger partial charge is 0.227 e. The van der Waals surface area contributed by atoms with Gasteiger partial charge in [-0.25, -0.2) is 0 Å². The van der Waals surface area contributed by atoms with Gasteiger partial charge in [-0.1, -0.05) is 19.9 Å². The quantitative estimate of drug-likeness (QED) is 0.888. The molecule has 1 N–H and O–H groups in total. The van der Waals surface area contributed by atoms with Gasteiger partial charge in [-0.15, -0.1) is 11.3 Å². The van der Waals surface area contributed by atoms with E-state index in [1.807, 2.05) is 6.92 Å². The summed E-state index contributed by atoms with van der Waals surface area (Å²) in [6, 6.07) is 4.54. The van der Waals surface area contributed by atoms with Crippen LogP contribution in [-0.4, -0.2) is 30.4 Å². The van der Waals surface area contributed by atoms with Gasteiger partial charge in [0.15, 0.2) is 0 Å². The average molecular weight is 266 g/mol. The van der Waals surface area contributed by atoms with Gasteiger partial charge in [0, 0.05) is 23.9 Å². The van der Waals surface area contributed by atoms with Crippen LogP contribution in [0.4, 0.5) is 0 Å². The molecule has 1 amide bonds. The number of hydrogen-bond acceptors (Lipinski definition) is 3. The zero-order valence-corrected chi connectivity index (χ0v) is 12.0. The van der Waals surface area contributed by atoms with Crippen LogP contribution in [0.5, 0.6) is 0 Å². The van der Waals surface area contributed by atoms with E-state index in [4.69, 9.17) is 0 Å². The van der Waals surface area contributed by atoms with Crippen LogP contribution in [0.1, 0.15) is 37.6 Å². The molecular formula is C14H22N2OS. The van der Waals surface area contributed by atoms with Crippen LogP contribution in [0, 0.1) is 5.92 Å². The van der Waals surface area contributed by atoms with E-state index in [1.54, 1.807) is 11.3 Å². The number of likely N-dealkylation sites (tertiary alicyclic amines) is 1. The van der Waals surface area contributed by atoms with Crippen molar-refractivity contribution in [3.05, 3.63) is 22.4 Å². The van der Waals surface area contributed by atoms with Crippen LogP contribution in [0.25, 0.3) is 0 Å². The van der Waals surface area contributed by atoms with Crippen LogP contribution in [-0.2, 0) is 4.79 Å². The summed E-state index contributed by atoms with van der Waals surface area (Å²) in [5.41, 5.74) is 0. The molecule has 3 nitrogen and oxygen atoms in total. The molecule has 0 saturated carbocycles. The molecule has 0 bridgehead atoms. The summed E-state index contributed by atoms with van der Waals surface area (Å²) < 4.78 is 0. The molecule has 0 aromatic carbocycles. The van der Waals surface area contributed by atoms with Crippen molar-refractivity contribution in [3.8, 4) is 0 Å². The summed E-state index contributed by atoms with van der Waals surface area (Å²) in [6.45, 7) is 6.71. The Morgan fingerprint density at radius 1 is 1.67 bits per heavy atom. The molecule has 2 unspecified atom stereocenters. The van der Waals surface area contributed by atoms with E-state index in [0.717, 1.165) is 32.5 Å². The summed E-state index contributed by atoms with van der Waals surface area (Å²) >= 11 is 1.76. The summed E-state index contributed by atoms with van der Waals surface area (Å²) in [5.74, 6) is 0.373. The molecule has 2 rings (SSSR count). The van der Waals surface area contributed by atoms with Gasteiger partial charge >= 0.3 is 0 Å². The molecule has 1 aromatic rings. The molecule has 1 aromatic heterocycles. The highest BCUT2D eigenvalue weighted by Crippen LogP contribution is 2.35. The number of carbonyl (C=O) groups is 1. The molecule has 1 aliphatic rings. The lowest BCUT2D eigenvalue weighted by Gasteiger charge is -2.27. The first-order valence-electron chi connectivity index (χ1n) is 6.78. The Morgan fingerprint density at radius 3 is 3.17 bits per heavy atom. The fourth-order valence-electron chi connectivity index (χ4n) is 2.54. The summed E-state index contributed by atoms with van der Waals surface area (Å²) in [6.07, 6.45) is 2.24. The van der Waals surface area contributed by atoms with Crippen molar-refractivity contribution in [2.75, 3.05) is 19.6 Å². The molecule has 1 aliphatic heterocycles. The minimum atomic E-state index is 0.0745. The average Bonchev–Trinajstić information content (AvgIpc) is 3.03. The highest BCUT2D eigenvalue weighted by atomic mass is 32.1. The molecule has 4 heteroatoms. The summed E-state index contributed by atoms with van der Waals surface area (Å²) in [5, 5.41) is 5.35. The lowest BCUT2D eigenvalue weighted by molar-refractivity contribution is -0.135. The van der Waals surface area contributed by atoms with Crippen LogP contribution >= 0.6 is 11.3 Å². The second-order valence-corrected chi connectivity index (χ2v) is 5.89. The Balaban J connectivity index is 2.00. The van der Waals surface area contributed by atoms with Gasteiger partial charge in [-0.05, 0) is 30.8 Å². The summed E-state index contributed by atoms with van der Waals surface area (Å²) in [7, 11) is 0. The zero-order valence-electron chi connectivity index (χ0n) is 11.2. The number of rotatable bonds is 5. The molecule has 18 heavy (non-hydrogen) atoms. The third-order valence-corrected chi connectivity index (χ3v) is 4.50. The Morgan fingerprint density at radius 2 is 2.50 bits per heavy atom. The summed E-state index contributed by atoms with van der Waals surface area (Å²) in [4.78, 5) is 15.9. The first-order chi connectivity index (χ1) is 8.74. The van der Waals surface area contributed by atoms with Gasteiger partial charge in [-0.3, -0.25) is 4.79 Å². The first kappa shape index (κ1) is 13.6. The maximum atomic E-state index is 12.4. The van der Waals surface area contributed by atoms with E-state index >= 15 is 0 Å². The van der Waals surface area contributed by atoms with E-state index in [-0.39, 0.29) is 5.92 Å². The van der Waals surface area contributed by atoms with E-state index in [1.165, 1.54) is 4.88 Å². The second kappa shape index (κ2) is 6.34. The van der Waals surface area contributed by atoms with E-state index in [2.05, 4.69) is 34.7 Å². The highest BCUT2D eigenvalue weighted by Gasteiger charge is 2.32. The fraction of sp³-hybridized carbons (Fsp3) is 0.643. The van der Waals surface area contributed by atoms with Crippen molar-refractivity contribution < 1.29 is 4.79 Å². The van der Waals surface area contributed by atoms with E-state index in [9.17, 15) is 4.79 Å². The number of nitrogens with one attached hydrogen (secondary N) is 1. The Hall–Kier alpha value is -0.870. The number of hydrogen-bond donors (Lipinski definition) is 1. The molecule has 2 heterocycles. The molecular weight excluding hydrogens is 244 g/mol. The largest absolute Gasteiger partial charge is 0.335 e. The third-order valence-electron chi connectivity index (χ3n) is 3.53. The van der Waals surface area contributed by atoms with Crippen molar-refractivity contribution in [1.82, 2.24) is 10.2 Å². The molecule has 1 saturated heterocycles. The van der Waals surface area contributed by atoms with Gasteiger partial charge < -0.3 is 10.2 Å².